The predicted octanol–water partition coefficient (Wildman–Crippen LogP) is 2.13. The third-order valence-electron chi connectivity index (χ3n) is 2.91. The van der Waals surface area contributed by atoms with Gasteiger partial charge in [0.05, 0.1) is 23.4 Å². The molecule has 0 saturated carbocycles. The van der Waals surface area contributed by atoms with Gasteiger partial charge in [0.1, 0.15) is 11.5 Å². The van der Waals surface area contributed by atoms with E-state index in [0.29, 0.717) is 17.0 Å². The molecule has 20 heavy (non-hydrogen) atoms. The van der Waals surface area contributed by atoms with Gasteiger partial charge in [-0.15, -0.1) is 0 Å². The maximum Gasteiger partial charge on any atom is 0.274 e. The van der Waals surface area contributed by atoms with E-state index >= 15 is 0 Å². The van der Waals surface area contributed by atoms with Gasteiger partial charge in [-0.05, 0) is 18.2 Å². The van der Waals surface area contributed by atoms with Crippen molar-refractivity contribution in [1.82, 2.24) is 0 Å². The number of hydrogen-bond acceptors (Lipinski definition) is 5. The first-order chi connectivity index (χ1) is 9.65. The summed E-state index contributed by atoms with van der Waals surface area (Å²) in [6.45, 7) is 0.206. The second kappa shape index (κ2) is 4.61. The fourth-order valence-corrected chi connectivity index (χ4v) is 1.97. The molecular weight excluding hydrogens is 262 g/mol. The highest BCUT2D eigenvalue weighted by Gasteiger charge is 2.27. The third-order valence-corrected chi connectivity index (χ3v) is 2.91. The normalized spacial score (nSPS) is 15.2. The van der Waals surface area contributed by atoms with E-state index in [1.807, 2.05) is 0 Å². The summed E-state index contributed by atoms with van der Waals surface area (Å²) in [5, 5.41) is 13.4. The van der Waals surface area contributed by atoms with Crippen LogP contribution in [0.3, 0.4) is 0 Å². The summed E-state index contributed by atoms with van der Waals surface area (Å²) in [6.07, 6.45) is 1.52. The average molecular weight is 271 g/mol. The fourth-order valence-electron chi connectivity index (χ4n) is 1.97. The number of anilines is 1. The van der Waals surface area contributed by atoms with Crippen LogP contribution >= 0.6 is 0 Å². The molecule has 0 aliphatic carbocycles. The molecule has 1 aromatic carbocycles. The number of aliphatic imine (C=N–C) groups is 1. The van der Waals surface area contributed by atoms with Crippen LogP contribution < -0.4 is 5.32 Å². The summed E-state index contributed by atoms with van der Waals surface area (Å²) in [5.41, 5.74) is 1.07. The molecule has 1 N–H and O–H groups in total. The van der Waals surface area contributed by atoms with Gasteiger partial charge in [0, 0.05) is 17.7 Å². The van der Waals surface area contributed by atoms with E-state index in [1.54, 1.807) is 12.1 Å². The Balaban J connectivity index is 1.97. The SMILES string of the molecule is O=C1Nc2ccc([N+](=O)[O-])cc2C1=NCc1ccco1. The average Bonchev–Trinajstić information content (AvgIpc) is 3.02. The van der Waals surface area contributed by atoms with Crippen LogP contribution in [-0.2, 0) is 11.3 Å². The van der Waals surface area contributed by atoms with Crippen molar-refractivity contribution in [3.05, 3.63) is 58.0 Å². The molecule has 1 aliphatic rings. The van der Waals surface area contributed by atoms with E-state index in [-0.39, 0.29) is 23.9 Å². The van der Waals surface area contributed by atoms with Crippen LogP contribution in [0.5, 0.6) is 0 Å². The molecule has 1 amide bonds. The molecular formula is C13H9N3O4. The van der Waals surface area contributed by atoms with Gasteiger partial charge >= 0.3 is 0 Å². The van der Waals surface area contributed by atoms with Crippen molar-refractivity contribution in [1.29, 1.82) is 0 Å². The molecule has 0 unspecified atom stereocenters. The molecule has 0 radical (unpaired) electrons. The van der Waals surface area contributed by atoms with E-state index in [4.69, 9.17) is 4.42 Å². The summed E-state index contributed by atoms with van der Waals surface area (Å²) >= 11 is 0. The topological polar surface area (TPSA) is 97.7 Å². The minimum atomic E-state index is -0.507. The number of hydrogen-bond donors (Lipinski definition) is 1. The van der Waals surface area contributed by atoms with Gasteiger partial charge in [0.15, 0.2) is 0 Å². The van der Waals surface area contributed by atoms with Crippen LogP contribution in [0.4, 0.5) is 11.4 Å². The number of carbonyl (C=O) groups is 1. The summed E-state index contributed by atoms with van der Waals surface area (Å²) in [4.78, 5) is 26.3. The van der Waals surface area contributed by atoms with Crippen molar-refractivity contribution in [3.63, 3.8) is 0 Å². The Morgan fingerprint density at radius 2 is 2.20 bits per heavy atom. The zero-order valence-electron chi connectivity index (χ0n) is 10.2. The van der Waals surface area contributed by atoms with Crippen molar-refractivity contribution in [2.24, 2.45) is 4.99 Å². The van der Waals surface area contributed by atoms with Crippen molar-refractivity contribution >= 4 is 23.0 Å². The van der Waals surface area contributed by atoms with Gasteiger partial charge in [-0.2, -0.15) is 0 Å². The lowest BCUT2D eigenvalue weighted by atomic mass is 10.1. The van der Waals surface area contributed by atoms with E-state index in [0.717, 1.165) is 0 Å². The highest BCUT2D eigenvalue weighted by atomic mass is 16.6. The number of nitro groups is 1. The molecule has 0 spiro atoms. The van der Waals surface area contributed by atoms with Crippen LogP contribution in [0.15, 0.2) is 46.0 Å². The first-order valence-electron chi connectivity index (χ1n) is 5.82. The number of fused-ring (bicyclic) bond motifs is 1. The standard InChI is InChI=1S/C13H9N3O4/c17-13-12(14-7-9-2-1-5-20-9)10-6-8(16(18)19)3-4-11(10)15-13/h1-6H,7H2,(H,14,15,17). The maximum atomic E-state index is 11.8. The summed E-state index contributed by atoms with van der Waals surface area (Å²) in [5.74, 6) is 0.247. The van der Waals surface area contributed by atoms with Crippen LogP contribution in [0, 0.1) is 10.1 Å². The number of nitrogens with zero attached hydrogens (tertiary/aromatic N) is 2. The van der Waals surface area contributed by atoms with Crippen molar-refractivity contribution in [3.8, 4) is 0 Å². The van der Waals surface area contributed by atoms with Crippen LogP contribution in [0.25, 0.3) is 0 Å². The molecule has 3 rings (SSSR count). The Bertz CT molecular complexity index is 719. The Morgan fingerprint density at radius 3 is 2.90 bits per heavy atom. The zero-order valence-corrected chi connectivity index (χ0v) is 10.2. The molecule has 2 aromatic rings. The number of nitrogens with one attached hydrogen (secondary N) is 1. The van der Waals surface area contributed by atoms with Gasteiger partial charge in [0.25, 0.3) is 11.6 Å². The first-order valence-corrected chi connectivity index (χ1v) is 5.82. The van der Waals surface area contributed by atoms with Crippen LogP contribution in [0.1, 0.15) is 11.3 Å². The highest BCUT2D eigenvalue weighted by molar-refractivity contribution is 6.53. The number of non-ortho nitro benzene ring substituents is 1. The highest BCUT2D eigenvalue weighted by Crippen LogP contribution is 2.27. The predicted molar refractivity (Wildman–Crippen MR) is 70.7 cm³/mol. The molecule has 0 saturated heterocycles. The number of nitro benzene ring substituents is 1. The monoisotopic (exact) mass is 271 g/mol. The summed E-state index contributed by atoms with van der Waals surface area (Å²) in [7, 11) is 0. The molecule has 1 aromatic heterocycles. The number of rotatable bonds is 3. The number of benzene rings is 1. The third kappa shape index (κ3) is 2.05. The number of amides is 1. The molecule has 0 atom stereocenters. The first kappa shape index (κ1) is 12.1. The maximum absolute atomic E-state index is 11.8. The molecule has 0 bridgehead atoms. The summed E-state index contributed by atoms with van der Waals surface area (Å²) in [6, 6.07) is 7.65. The Labute approximate surface area is 113 Å². The van der Waals surface area contributed by atoms with Gasteiger partial charge in [0.2, 0.25) is 0 Å². The molecule has 2 heterocycles. The molecule has 7 nitrogen and oxygen atoms in total. The van der Waals surface area contributed by atoms with Crippen molar-refractivity contribution in [2.45, 2.75) is 6.54 Å². The van der Waals surface area contributed by atoms with Gasteiger partial charge in [-0.25, -0.2) is 0 Å². The zero-order chi connectivity index (χ0) is 14.1. The lowest BCUT2D eigenvalue weighted by Gasteiger charge is -1.97. The quantitative estimate of drug-likeness (QED) is 0.682. The molecule has 1 aliphatic heterocycles. The van der Waals surface area contributed by atoms with Gasteiger partial charge in [-0.3, -0.25) is 19.9 Å². The van der Waals surface area contributed by atoms with Gasteiger partial charge < -0.3 is 9.73 Å². The van der Waals surface area contributed by atoms with E-state index < -0.39 is 4.92 Å². The van der Waals surface area contributed by atoms with Gasteiger partial charge in [-0.1, -0.05) is 0 Å². The number of carbonyl (C=O) groups excluding carboxylic acids is 1. The lowest BCUT2D eigenvalue weighted by Crippen LogP contribution is -2.14. The van der Waals surface area contributed by atoms with E-state index in [2.05, 4.69) is 10.3 Å². The molecule has 0 fully saturated rings. The van der Waals surface area contributed by atoms with Crippen LogP contribution in [0.2, 0.25) is 0 Å². The van der Waals surface area contributed by atoms with Crippen LogP contribution in [-0.4, -0.2) is 16.5 Å². The fraction of sp³-hybridized carbons (Fsp3) is 0.0769. The smallest absolute Gasteiger partial charge is 0.274 e. The second-order valence-corrected chi connectivity index (χ2v) is 4.19. The van der Waals surface area contributed by atoms with E-state index in [9.17, 15) is 14.9 Å². The number of furan rings is 1. The van der Waals surface area contributed by atoms with Crippen molar-refractivity contribution < 1.29 is 14.1 Å². The Hall–Kier alpha value is -2.96. The largest absolute Gasteiger partial charge is 0.467 e. The second-order valence-electron chi connectivity index (χ2n) is 4.19. The molecule has 100 valence electrons. The van der Waals surface area contributed by atoms with Crippen molar-refractivity contribution in [2.75, 3.05) is 5.32 Å². The lowest BCUT2D eigenvalue weighted by molar-refractivity contribution is -0.384. The minimum Gasteiger partial charge on any atom is -0.467 e. The van der Waals surface area contributed by atoms with E-state index in [1.165, 1.54) is 24.5 Å². The Morgan fingerprint density at radius 1 is 1.35 bits per heavy atom. The summed E-state index contributed by atoms with van der Waals surface area (Å²) < 4.78 is 5.13. The molecule has 7 heteroatoms. The Kier molecular flexibility index (Phi) is 2.79. The minimum absolute atomic E-state index is 0.0778.